The number of hydrogen-bond donors (Lipinski definition) is 0. The van der Waals surface area contributed by atoms with Crippen molar-refractivity contribution in [1.82, 2.24) is 4.90 Å². The number of carbonyl (C=O) groups excluding carboxylic acids is 2. The number of esters is 1. The van der Waals surface area contributed by atoms with Crippen molar-refractivity contribution in [3.8, 4) is 0 Å². The van der Waals surface area contributed by atoms with Crippen molar-refractivity contribution in [3.63, 3.8) is 0 Å². The van der Waals surface area contributed by atoms with Gasteiger partial charge in [0.05, 0.1) is 17.7 Å². The van der Waals surface area contributed by atoms with Gasteiger partial charge in [-0.05, 0) is 80.9 Å². The standard InChI is InChI=1S/C31H47F3N2O6S/c1-11-23(29(7,8)9)16-19-30(10)35-25(42-43(39,40)31(32,33)34)26(37)36(30)24(17-18-28(4,5)6)21-12-14-22(15-13-21)27(38)41-20(2)3/h12-15,20,23-24H,11,16-19H2,1-10H3/t23?,24-,30?/m1/s1. The largest absolute Gasteiger partial charge is 0.534 e. The van der Waals surface area contributed by atoms with Gasteiger partial charge in [-0.1, -0.05) is 67.0 Å². The highest BCUT2D eigenvalue weighted by molar-refractivity contribution is 7.88. The van der Waals surface area contributed by atoms with Gasteiger partial charge in [0, 0.05) is 0 Å². The van der Waals surface area contributed by atoms with Crippen LogP contribution < -0.4 is 0 Å². The first kappa shape index (κ1) is 36.6. The number of carbonyl (C=O) groups is 2. The van der Waals surface area contributed by atoms with Gasteiger partial charge >= 0.3 is 27.5 Å². The van der Waals surface area contributed by atoms with Gasteiger partial charge in [0.2, 0.25) is 0 Å². The van der Waals surface area contributed by atoms with Crippen LogP contribution in [0.15, 0.2) is 29.3 Å². The van der Waals surface area contributed by atoms with Gasteiger partial charge < -0.3 is 13.8 Å². The molecule has 0 saturated heterocycles. The topological polar surface area (TPSA) is 102 Å². The zero-order chi connectivity index (χ0) is 33.2. The summed E-state index contributed by atoms with van der Waals surface area (Å²) < 4.78 is 73.3. The lowest BCUT2D eigenvalue weighted by Gasteiger charge is -2.41. The minimum Gasteiger partial charge on any atom is -0.459 e. The van der Waals surface area contributed by atoms with Crippen LogP contribution in [-0.2, 0) is 23.8 Å². The van der Waals surface area contributed by atoms with E-state index in [1.807, 2.05) is 27.7 Å². The Balaban J connectivity index is 2.65. The highest BCUT2D eigenvalue weighted by atomic mass is 32.2. The van der Waals surface area contributed by atoms with Crippen molar-refractivity contribution >= 4 is 27.9 Å². The second-order valence-electron chi connectivity index (χ2n) is 14.0. The van der Waals surface area contributed by atoms with Gasteiger partial charge in [-0.15, -0.1) is 0 Å². The number of alkyl halides is 3. The highest BCUT2D eigenvalue weighted by Crippen LogP contribution is 2.44. The predicted octanol–water partition coefficient (Wildman–Crippen LogP) is 7.79. The molecule has 0 saturated carbocycles. The first-order valence-corrected chi connectivity index (χ1v) is 16.1. The molecule has 0 N–H and O–H groups in total. The summed E-state index contributed by atoms with van der Waals surface area (Å²) in [5.41, 5.74) is -6.47. The molecule has 0 aliphatic carbocycles. The molecule has 1 aliphatic rings. The molecule has 0 bridgehead atoms. The van der Waals surface area contributed by atoms with Crippen molar-refractivity contribution in [3.05, 3.63) is 35.4 Å². The fourth-order valence-corrected chi connectivity index (χ4v) is 5.75. The fraction of sp³-hybridized carbons (Fsp3) is 0.710. The van der Waals surface area contributed by atoms with Crippen LogP contribution >= 0.6 is 0 Å². The first-order valence-electron chi connectivity index (χ1n) is 14.7. The Bertz CT molecular complexity index is 1280. The molecule has 1 aromatic rings. The molecule has 3 atom stereocenters. The van der Waals surface area contributed by atoms with Crippen molar-refractivity contribution < 1.29 is 40.1 Å². The monoisotopic (exact) mass is 632 g/mol. The van der Waals surface area contributed by atoms with Gasteiger partial charge in [0.25, 0.3) is 5.90 Å². The van der Waals surface area contributed by atoms with E-state index in [0.29, 0.717) is 30.4 Å². The Hall–Kier alpha value is -2.63. The van der Waals surface area contributed by atoms with E-state index in [4.69, 9.17) is 4.74 Å². The third-order valence-electron chi connectivity index (χ3n) is 7.77. The van der Waals surface area contributed by atoms with Crippen LogP contribution in [0, 0.1) is 16.7 Å². The molecule has 1 aromatic carbocycles. The molecule has 0 radical (unpaired) electrons. The number of aliphatic imine (C=N–C) groups is 1. The van der Waals surface area contributed by atoms with Crippen LogP contribution in [0.1, 0.15) is 123 Å². The lowest BCUT2D eigenvalue weighted by Crippen LogP contribution is -2.48. The summed E-state index contributed by atoms with van der Waals surface area (Å²) >= 11 is 0. The summed E-state index contributed by atoms with van der Waals surface area (Å²) in [6.45, 7) is 19.5. The van der Waals surface area contributed by atoms with Crippen molar-refractivity contribution in [2.75, 3.05) is 0 Å². The molecule has 0 aromatic heterocycles. The third-order valence-corrected chi connectivity index (χ3v) is 8.72. The van der Waals surface area contributed by atoms with E-state index in [-0.39, 0.29) is 29.3 Å². The predicted molar refractivity (Wildman–Crippen MR) is 160 cm³/mol. The van der Waals surface area contributed by atoms with Gasteiger partial charge in [-0.2, -0.15) is 21.6 Å². The summed E-state index contributed by atoms with van der Waals surface area (Å²) in [6.07, 6.45) is 2.35. The number of hydrogen-bond acceptors (Lipinski definition) is 7. The van der Waals surface area contributed by atoms with Crippen molar-refractivity contribution in [2.45, 2.75) is 125 Å². The SMILES string of the molecule is CCC(CCC1(C)N=C(OS(=O)(=O)C(F)(F)F)C(=O)N1[C@H](CCC(C)(C)C)c1ccc(C(=O)OC(C)C)cc1)C(C)(C)C. The fourth-order valence-electron chi connectivity index (χ4n) is 5.34. The average molecular weight is 633 g/mol. The lowest BCUT2D eigenvalue weighted by molar-refractivity contribution is -0.132. The molecule has 2 unspecified atom stereocenters. The maximum absolute atomic E-state index is 13.8. The highest BCUT2D eigenvalue weighted by Gasteiger charge is 2.54. The number of ether oxygens (including phenoxy) is 1. The second-order valence-corrected chi connectivity index (χ2v) is 15.5. The zero-order valence-electron chi connectivity index (χ0n) is 27.0. The summed E-state index contributed by atoms with van der Waals surface area (Å²) in [4.78, 5) is 31.9. The molecule has 1 amide bonds. The number of halogens is 3. The second kappa shape index (κ2) is 13.2. The van der Waals surface area contributed by atoms with Gasteiger partial charge in [-0.3, -0.25) is 4.79 Å². The summed E-state index contributed by atoms with van der Waals surface area (Å²) in [5.74, 6) is -2.47. The molecule has 0 fully saturated rings. The summed E-state index contributed by atoms with van der Waals surface area (Å²) in [6, 6.07) is 5.78. The van der Waals surface area contributed by atoms with Gasteiger partial charge in [-0.25, -0.2) is 9.79 Å². The molecule has 1 heterocycles. The van der Waals surface area contributed by atoms with E-state index in [9.17, 15) is 31.2 Å². The number of nitrogens with zero attached hydrogens (tertiary/aromatic N) is 2. The molecule has 2 rings (SSSR count). The van der Waals surface area contributed by atoms with E-state index < -0.39 is 45.1 Å². The molecule has 43 heavy (non-hydrogen) atoms. The molecule has 244 valence electrons. The Labute approximate surface area is 254 Å². The van der Waals surface area contributed by atoms with Crippen molar-refractivity contribution in [1.29, 1.82) is 0 Å². The van der Waals surface area contributed by atoms with Gasteiger partial charge in [0.1, 0.15) is 5.66 Å². The summed E-state index contributed by atoms with van der Waals surface area (Å²) in [5, 5.41) is 0. The smallest absolute Gasteiger partial charge is 0.459 e. The normalized spacial score (nSPS) is 19.8. The Kier molecular flexibility index (Phi) is 11.2. The molecule has 8 nitrogen and oxygen atoms in total. The van der Waals surface area contributed by atoms with Crippen molar-refractivity contribution in [2.24, 2.45) is 21.7 Å². The Morgan fingerprint density at radius 3 is 2.02 bits per heavy atom. The van der Waals surface area contributed by atoms with Crippen LogP contribution in [0.4, 0.5) is 13.2 Å². The van der Waals surface area contributed by atoms with E-state index in [1.54, 1.807) is 45.0 Å². The van der Waals surface area contributed by atoms with Crippen LogP contribution in [0.3, 0.4) is 0 Å². The third kappa shape index (κ3) is 9.43. The average Bonchev–Trinajstić information content (AvgIpc) is 3.06. The van der Waals surface area contributed by atoms with Gasteiger partial charge in [0.15, 0.2) is 0 Å². The molecular weight excluding hydrogens is 585 g/mol. The van der Waals surface area contributed by atoms with Crippen LogP contribution in [0.5, 0.6) is 0 Å². The van der Waals surface area contributed by atoms with E-state index >= 15 is 0 Å². The minimum absolute atomic E-state index is 0.0900. The van der Waals surface area contributed by atoms with Crippen LogP contribution in [-0.4, -0.2) is 48.4 Å². The lowest BCUT2D eigenvalue weighted by atomic mass is 9.75. The number of benzene rings is 1. The molecule has 0 spiro atoms. The van der Waals surface area contributed by atoms with Crippen LogP contribution in [0.2, 0.25) is 0 Å². The Morgan fingerprint density at radius 2 is 1.58 bits per heavy atom. The Morgan fingerprint density at radius 1 is 1.02 bits per heavy atom. The first-order chi connectivity index (χ1) is 19.4. The van der Waals surface area contributed by atoms with E-state index in [0.717, 1.165) is 6.42 Å². The minimum atomic E-state index is -6.13. The maximum atomic E-state index is 13.8. The number of amides is 1. The molecule has 12 heteroatoms. The van der Waals surface area contributed by atoms with E-state index in [1.165, 1.54) is 4.90 Å². The number of rotatable bonds is 11. The summed E-state index contributed by atoms with van der Waals surface area (Å²) in [7, 11) is -6.13. The quantitative estimate of drug-likeness (QED) is 0.140. The molecule has 1 aliphatic heterocycles. The molecular formula is C31H47F3N2O6S. The van der Waals surface area contributed by atoms with E-state index in [2.05, 4.69) is 29.9 Å². The zero-order valence-corrected chi connectivity index (χ0v) is 27.8. The van der Waals surface area contributed by atoms with Crippen LogP contribution in [0.25, 0.3) is 0 Å². The maximum Gasteiger partial charge on any atom is 0.534 e.